The minimum Gasteiger partial charge on any atom is -0.329 e. The Balaban J connectivity index is 1.98. The van der Waals surface area contributed by atoms with Crippen LogP contribution in [0.4, 0.5) is 0 Å². The summed E-state index contributed by atoms with van der Waals surface area (Å²) in [5, 5.41) is 0.791. The van der Waals surface area contributed by atoms with E-state index >= 15 is 0 Å². The van der Waals surface area contributed by atoms with Crippen LogP contribution >= 0.6 is 11.8 Å². The van der Waals surface area contributed by atoms with Crippen molar-refractivity contribution in [2.75, 3.05) is 25.4 Å². The maximum Gasteiger partial charge on any atom is 0.0432 e. The summed E-state index contributed by atoms with van der Waals surface area (Å²) in [6, 6.07) is 0. The summed E-state index contributed by atoms with van der Waals surface area (Å²) in [5.41, 5.74) is 6.40. The molecule has 1 heterocycles. The first kappa shape index (κ1) is 12.7. The minimum absolute atomic E-state index is 0.314. The highest BCUT2D eigenvalue weighted by Crippen LogP contribution is 2.39. The number of likely N-dealkylation sites (N-methyl/N-ethyl adjacent to an activating group) is 1. The first-order valence-corrected chi connectivity index (χ1v) is 7.82. The quantitative estimate of drug-likeness (QED) is 0.802. The fraction of sp³-hybridized carbons (Fsp3) is 1.00. The van der Waals surface area contributed by atoms with E-state index in [1.165, 1.54) is 44.5 Å². The molecule has 1 aliphatic carbocycles. The molecule has 0 bridgehead atoms. The Morgan fingerprint density at radius 3 is 2.56 bits per heavy atom. The standard InChI is InChI=1S/C13H26N2S/c1-3-15(8-12-5-4-6-12)13(9-14)7-11(2)16-10-13/h11-12H,3-10,14H2,1-2H3. The van der Waals surface area contributed by atoms with Gasteiger partial charge in [0, 0.05) is 29.6 Å². The van der Waals surface area contributed by atoms with E-state index in [1.54, 1.807) is 0 Å². The number of rotatable bonds is 5. The average molecular weight is 242 g/mol. The predicted molar refractivity (Wildman–Crippen MR) is 72.9 cm³/mol. The lowest BCUT2D eigenvalue weighted by Gasteiger charge is -2.43. The van der Waals surface area contributed by atoms with Crippen molar-refractivity contribution < 1.29 is 0 Å². The highest BCUT2D eigenvalue weighted by molar-refractivity contribution is 8.00. The zero-order chi connectivity index (χ0) is 11.6. The molecular formula is C13H26N2S. The van der Waals surface area contributed by atoms with Crippen LogP contribution in [-0.4, -0.2) is 41.1 Å². The van der Waals surface area contributed by atoms with Crippen LogP contribution in [0.1, 0.15) is 39.5 Å². The summed E-state index contributed by atoms with van der Waals surface area (Å²) >= 11 is 2.10. The van der Waals surface area contributed by atoms with E-state index in [9.17, 15) is 0 Å². The van der Waals surface area contributed by atoms with Gasteiger partial charge in [0.1, 0.15) is 0 Å². The van der Waals surface area contributed by atoms with Crippen LogP contribution in [0, 0.1) is 5.92 Å². The first-order valence-electron chi connectivity index (χ1n) is 6.77. The zero-order valence-corrected chi connectivity index (χ0v) is 11.6. The molecule has 1 aliphatic heterocycles. The van der Waals surface area contributed by atoms with Crippen molar-refractivity contribution >= 4 is 11.8 Å². The molecule has 2 atom stereocenters. The van der Waals surface area contributed by atoms with Crippen molar-refractivity contribution in [3.8, 4) is 0 Å². The summed E-state index contributed by atoms with van der Waals surface area (Å²) in [7, 11) is 0. The van der Waals surface area contributed by atoms with Crippen LogP contribution in [0.5, 0.6) is 0 Å². The summed E-state index contributed by atoms with van der Waals surface area (Å²) in [4.78, 5) is 2.69. The van der Waals surface area contributed by atoms with Gasteiger partial charge in [-0.25, -0.2) is 0 Å². The zero-order valence-electron chi connectivity index (χ0n) is 10.7. The Morgan fingerprint density at radius 1 is 1.44 bits per heavy atom. The molecule has 2 nitrogen and oxygen atoms in total. The number of nitrogens with two attached hydrogens (primary N) is 1. The fourth-order valence-electron chi connectivity index (χ4n) is 3.09. The number of nitrogens with zero attached hydrogens (tertiary/aromatic N) is 1. The van der Waals surface area contributed by atoms with E-state index in [-0.39, 0.29) is 0 Å². The molecule has 16 heavy (non-hydrogen) atoms. The van der Waals surface area contributed by atoms with Crippen molar-refractivity contribution in [3.05, 3.63) is 0 Å². The van der Waals surface area contributed by atoms with Gasteiger partial charge in [0.25, 0.3) is 0 Å². The van der Waals surface area contributed by atoms with E-state index in [1.807, 2.05) is 0 Å². The molecule has 0 spiro atoms. The lowest BCUT2D eigenvalue weighted by Crippen LogP contribution is -2.56. The molecular weight excluding hydrogens is 216 g/mol. The Bertz CT molecular complexity index is 230. The van der Waals surface area contributed by atoms with Crippen LogP contribution in [0.2, 0.25) is 0 Å². The van der Waals surface area contributed by atoms with E-state index in [0.29, 0.717) is 5.54 Å². The predicted octanol–water partition coefficient (Wildman–Crippen LogP) is 2.33. The minimum atomic E-state index is 0.314. The average Bonchev–Trinajstić information content (AvgIpc) is 2.60. The highest BCUT2D eigenvalue weighted by Gasteiger charge is 2.42. The Labute approximate surface area is 104 Å². The highest BCUT2D eigenvalue weighted by atomic mass is 32.2. The van der Waals surface area contributed by atoms with Crippen LogP contribution in [-0.2, 0) is 0 Å². The second-order valence-corrected chi connectivity index (χ2v) is 7.02. The Hall–Kier alpha value is 0.270. The van der Waals surface area contributed by atoms with Crippen molar-refractivity contribution in [3.63, 3.8) is 0 Å². The Morgan fingerprint density at radius 2 is 2.19 bits per heavy atom. The lowest BCUT2D eigenvalue weighted by atomic mass is 9.83. The maximum absolute atomic E-state index is 6.09. The van der Waals surface area contributed by atoms with Gasteiger partial charge >= 0.3 is 0 Å². The summed E-state index contributed by atoms with van der Waals surface area (Å²) in [5.74, 6) is 2.20. The molecule has 2 N–H and O–H groups in total. The molecule has 0 aromatic heterocycles. The number of hydrogen-bond donors (Lipinski definition) is 1. The third-order valence-corrected chi connectivity index (χ3v) is 5.88. The van der Waals surface area contributed by atoms with Gasteiger partial charge in [0.2, 0.25) is 0 Å². The maximum atomic E-state index is 6.09. The van der Waals surface area contributed by atoms with Crippen molar-refractivity contribution in [2.24, 2.45) is 11.7 Å². The van der Waals surface area contributed by atoms with E-state index in [4.69, 9.17) is 5.73 Å². The molecule has 1 saturated carbocycles. The second kappa shape index (κ2) is 5.28. The third kappa shape index (κ3) is 2.41. The van der Waals surface area contributed by atoms with E-state index in [2.05, 4.69) is 30.5 Å². The van der Waals surface area contributed by atoms with Crippen molar-refractivity contribution in [1.29, 1.82) is 0 Å². The van der Waals surface area contributed by atoms with Gasteiger partial charge in [-0.3, -0.25) is 4.90 Å². The van der Waals surface area contributed by atoms with Gasteiger partial charge in [-0.15, -0.1) is 0 Å². The molecule has 0 amide bonds. The smallest absolute Gasteiger partial charge is 0.0432 e. The van der Waals surface area contributed by atoms with Gasteiger partial charge in [0.05, 0.1) is 0 Å². The van der Waals surface area contributed by atoms with E-state index < -0.39 is 0 Å². The normalized spacial score (nSPS) is 35.6. The molecule has 2 aliphatic rings. The molecule has 0 aromatic carbocycles. The summed E-state index contributed by atoms with van der Waals surface area (Å²) < 4.78 is 0. The summed E-state index contributed by atoms with van der Waals surface area (Å²) in [6.07, 6.45) is 5.62. The van der Waals surface area contributed by atoms with Crippen LogP contribution in [0.3, 0.4) is 0 Å². The van der Waals surface area contributed by atoms with Crippen LogP contribution in [0.15, 0.2) is 0 Å². The van der Waals surface area contributed by atoms with Gasteiger partial charge in [-0.1, -0.05) is 20.3 Å². The van der Waals surface area contributed by atoms with Crippen molar-refractivity contribution in [1.82, 2.24) is 4.90 Å². The molecule has 94 valence electrons. The topological polar surface area (TPSA) is 29.3 Å². The van der Waals surface area contributed by atoms with Crippen LogP contribution in [0.25, 0.3) is 0 Å². The molecule has 1 saturated heterocycles. The van der Waals surface area contributed by atoms with E-state index in [0.717, 1.165) is 17.7 Å². The number of hydrogen-bond acceptors (Lipinski definition) is 3. The molecule has 3 heteroatoms. The third-order valence-electron chi connectivity index (χ3n) is 4.44. The molecule has 2 rings (SSSR count). The molecule has 2 unspecified atom stereocenters. The largest absolute Gasteiger partial charge is 0.329 e. The van der Waals surface area contributed by atoms with Gasteiger partial charge in [-0.05, 0) is 31.7 Å². The van der Waals surface area contributed by atoms with Gasteiger partial charge in [0.15, 0.2) is 0 Å². The van der Waals surface area contributed by atoms with Crippen LogP contribution < -0.4 is 5.73 Å². The van der Waals surface area contributed by atoms with Gasteiger partial charge in [-0.2, -0.15) is 11.8 Å². The lowest BCUT2D eigenvalue weighted by molar-refractivity contribution is 0.0781. The van der Waals surface area contributed by atoms with Gasteiger partial charge < -0.3 is 5.73 Å². The molecule has 2 fully saturated rings. The number of thioether (sulfide) groups is 1. The SMILES string of the molecule is CCN(CC1CCC1)C1(CN)CSC(C)C1. The first-order chi connectivity index (χ1) is 7.70. The summed E-state index contributed by atoms with van der Waals surface area (Å²) in [6.45, 7) is 7.94. The monoisotopic (exact) mass is 242 g/mol. The fourth-order valence-corrected chi connectivity index (χ4v) is 4.53. The van der Waals surface area contributed by atoms with Crippen molar-refractivity contribution in [2.45, 2.75) is 50.3 Å². The Kier molecular flexibility index (Phi) is 4.20. The molecule has 0 aromatic rings. The second-order valence-electron chi connectivity index (χ2n) is 5.59. The molecule has 0 radical (unpaired) electrons.